The Kier molecular flexibility index (Phi) is 3.41. The Morgan fingerprint density at radius 1 is 1.05 bits per heavy atom. The van der Waals surface area contributed by atoms with Crippen molar-refractivity contribution in [2.24, 2.45) is 0 Å². The van der Waals surface area contributed by atoms with Crippen LogP contribution in [0.1, 0.15) is 0 Å². The standard InChI is InChI=1S/C15H9Cl2N3OS/c16-8-1-3-10-12(5-8)18-7-14(10)22-20-15-11-4-2-9(17)6-13(11)21-19-15/h1-7,18H,(H,19,20). The second-order valence-corrected chi connectivity index (χ2v) is 6.44. The number of H-pyrrole nitrogens is 1. The van der Waals surface area contributed by atoms with E-state index in [1.165, 1.54) is 11.9 Å². The van der Waals surface area contributed by atoms with Crippen molar-refractivity contribution in [2.45, 2.75) is 4.90 Å². The van der Waals surface area contributed by atoms with Gasteiger partial charge in [0.1, 0.15) is 0 Å². The minimum atomic E-state index is 0.622. The molecule has 4 nitrogen and oxygen atoms in total. The average molecular weight is 350 g/mol. The van der Waals surface area contributed by atoms with Crippen LogP contribution in [-0.2, 0) is 0 Å². The van der Waals surface area contributed by atoms with E-state index in [1.807, 2.05) is 36.5 Å². The van der Waals surface area contributed by atoms with Crippen LogP contribution in [-0.4, -0.2) is 10.1 Å². The van der Waals surface area contributed by atoms with E-state index in [1.54, 1.807) is 6.07 Å². The van der Waals surface area contributed by atoms with Crippen LogP contribution in [0.5, 0.6) is 0 Å². The lowest BCUT2D eigenvalue weighted by atomic mass is 10.2. The number of hydrogen-bond acceptors (Lipinski definition) is 4. The molecule has 0 saturated carbocycles. The molecule has 0 saturated heterocycles. The van der Waals surface area contributed by atoms with E-state index in [2.05, 4.69) is 14.9 Å². The summed E-state index contributed by atoms with van der Waals surface area (Å²) in [7, 11) is 0. The third-order valence-corrected chi connectivity index (χ3v) is 4.62. The maximum Gasteiger partial charge on any atom is 0.187 e. The van der Waals surface area contributed by atoms with E-state index in [-0.39, 0.29) is 0 Å². The lowest BCUT2D eigenvalue weighted by Crippen LogP contribution is -1.86. The maximum atomic E-state index is 5.99. The summed E-state index contributed by atoms with van der Waals surface area (Å²) in [6, 6.07) is 11.2. The van der Waals surface area contributed by atoms with Gasteiger partial charge in [-0.3, -0.25) is 0 Å². The van der Waals surface area contributed by atoms with Crippen LogP contribution >= 0.6 is 35.1 Å². The molecule has 0 unspecified atom stereocenters. The van der Waals surface area contributed by atoms with Crippen molar-refractivity contribution in [1.82, 2.24) is 10.1 Å². The van der Waals surface area contributed by atoms with Crippen molar-refractivity contribution in [3.05, 3.63) is 52.6 Å². The minimum Gasteiger partial charge on any atom is -0.360 e. The molecule has 7 heteroatoms. The molecule has 0 fully saturated rings. The highest BCUT2D eigenvalue weighted by molar-refractivity contribution is 8.00. The Hall–Kier alpha value is -1.82. The van der Waals surface area contributed by atoms with Gasteiger partial charge in [-0.1, -0.05) is 34.4 Å². The van der Waals surface area contributed by atoms with Gasteiger partial charge in [-0.15, -0.1) is 0 Å². The van der Waals surface area contributed by atoms with E-state index in [0.717, 1.165) is 21.2 Å². The molecule has 22 heavy (non-hydrogen) atoms. The van der Waals surface area contributed by atoms with Gasteiger partial charge in [0, 0.05) is 33.2 Å². The first-order chi connectivity index (χ1) is 10.7. The van der Waals surface area contributed by atoms with Gasteiger partial charge in [0.25, 0.3) is 0 Å². The van der Waals surface area contributed by atoms with Crippen LogP contribution in [0, 0.1) is 0 Å². The molecule has 2 N–H and O–H groups in total. The molecule has 4 aromatic rings. The zero-order valence-electron chi connectivity index (χ0n) is 11.1. The van der Waals surface area contributed by atoms with Gasteiger partial charge in [-0.2, -0.15) is 0 Å². The Labute approximate surface area is 139 Å². The van der Waals surface area contributed by atoms with Crippen LogP contribution in [0.25, 0.3) is 21.9 Å². The molecule has 0 aliphatic rings. The Morgan fingerprint density at radius 3 is 2.68 bits per heavy atom. The van der Waals surface area contributed by atoms with Crippen LogP contribution < -0.4 is 4.72 Å². The molecule has 0 atom stereocenters. The van der Waals surface area contributed by atoms with Crippen LogP contribution in [0.3, 0.4) is 0 Å². The van der Waals surface area contributed by atoms with Gasteiger partial charge in [0.2, 0.25) is 0 Å². The second-order valence-electron chi connectivity index (χ2n) is 4.72. The third kappa shape index (κ3) is 2.41. The van der Waals surface area contributed by atoms with Gasteiger partial charge in [-0.25, -0.2) is 0 Å². The number of halogens is 2. The van der Waals surface area contributed by atoms with Gasteiger partial charge in [0.15, 0.2) is 11.4 Å². The maximum absolute atomic E-state index is 5.99. The summed E-state index contributed by atoms with van der Waals surface area (Å²) in [6.07, 6.45) is 1.93. The molecule has 2 aromatic carbocycles. The highest BCUT2D eigenvalue weighted by Crippen LogP contribution is 2.32. The number of nitrogens with zero attached hydrogens (tertiary/aromatic N) is 1. The van der Waals surface area contributed by atoms with Crippen molar-refractivity contribution in [3.8, 4) is 0 Å². The quantitative estimate of drug-likeness (QED) is 0.463. The smallest absolute Gasteiger partial charge is 0.187 e. The summed E-state index contributed by atoms with van der Waals surface area (Å²) in [5.74, 6) is 0.667. The van der Waals surface area contributed by atoms with Crippen molar-refractivity contribution in [1.29, 1.82) is 0 Å². The summed E-state index contributed by atoms with van der Waals surface area (Å²) >= 11 is 13.4. The lowest BCUT2D eigenvalue weighted by Gasteiger charge is -2.01. The predicted molar refractivity (Wildman–Crippen MR) is 91.8 cm³/mol. The first kappa shape index (κ1) is 13.8. The molecular formula is C15H9Cl2N3OS. The summed E-state index contributed by atoms with van der Waals surface area (Å²) in [6.45, 7) is 0. The van der Waals surface area contributed by atoms with Gasteiger partial charge in [0.05, 0.1) is 10.3 Å². The van der Waals surface area contributed by atoms with E-state index in [4.69, 9.17) is 27.7 Å². The molecule has 0 aliphatic carbocycles. The number of fused-ring (bicyclic) bond motifs is 2. The first-order valence-electron chi connectivity index (χ1n) is 6.45. The largest absolute Gasteiger partial charge is 0.360 e. The predicted octanol–water partition coefficient (Wildman–Crippen LogP) is 5.74. The normalized spacial score (nSPS) is 11.4. The van der Waals surface area contributed by atoms with Crippen molar-refractivity contribution >= 4 is 62.8 Å². The zero-order valence-corrected chi connectivity index (χ0v) is 13.4. The number of hydrogen-bond donors (Lipinski definition) is 2. The number of benzene rings is 2. The molecule has 0 radical (unpaired) electrons. The molecular weight excluding hydrogens is 341 g/mol. The van der Waals surface area contributed by atoms with Gasteiger partial charge < -0.3 is 14.2 Å². The molecule has 4 rings (SSSR count). The number of rotatable bonds is 3. The van der Waals surface area contributed by atoms with Crippen LogP contribution in [0.2, 0.25) is 10.0 Å². The minimum absolute atomic E-state index is 0.622. The van der Waals surface area contributed by atoms with E-state index in [0.29, 0.717) is 21.4 Å². The van der Waals surface area contributed by atoms with Crippen molar-refractivity contribution in [3.63, 3.8) is 0 Å². The monoisotopic (exact) mass is 349 g/mol. The van der Waals surface area contributed by atoms with E-state index in [9.17, 15) is 0 Å². The fraction of sp³-hybridized carbons (Fsp3) is 0. The molecule has 0 amide bonds. The third-order valence-electron chi connectivity index (χ3n) is 3.30. The number of aromatic amines is 1. The topological polar surface area (TPSA) is 53.9 Å². The molecule has 0 aliphatic heterocycles. The SMILES string of the molecule is Clc1ccc2c(SNc3noc4cc(Cl)ccc34)c[nH]c2c1. The first-order valence-corrected chi connectivity index (χ1v) is 8.02. The van der Waals surface area contributed by atoms with Gasteiger partial charge in [-0.05, 0) is 36.2 Å². The Balaban J connectivity index is 1.63. The second kappa shape index (κ2) is 5.43. The van der Waals surface area contributed by atoms with Crippen LogP contribution in [0.4, 0.5) is 5.82 Å². The number of anilines is 1. The summed E-state index contributed by atoms with van der Waals surface area (Å²) in [4.78, 5) is 4.25. The van der Waals surface area contributed by atoms with Crippen molar-refractivity contribution < 1.29 is 4.52 Å². The number of nitrogens with one attached hydrogen (secondary N) is 2. The Bertz CT molecular complexity index is 899. The number of aromatic nitrogens is 2. The average Bonchev–Trinajstić information content (AvgIpc) is 3.08. The summed E-state index contributed by atoms with van der Waals surface area (Å²) in [5.41, 5.74) is 1.65. The fourth-order valence-corrected chi connectivity index (χ4v) is 3.34. The van der Waals surface area contributed by atoms with Crippen LogP contribution in [0.15, 0.2) is 52.0 Å². The lowest BCUT2D eigenvalue weighted by molar-refractivity contribution is 0.460. The summed E-state index contributed by atoms with van der Waals surface area (Å²) in [5, 5.41) is 7.35. The fourth-order valence-electron chi connectivity index (χ4n) is 2.24. The summed E-state index contributed by atoms with van der Waals surface area (Å²) < 4.78 is 8.48. The van der Waals surface area contributed by atoms with Crippen molar-refractivity contribution in [2.75, 3.05) is 4.72 Å². The molecule has 0 bridgehead atoms. The molecule has 2 heterocycles. The van der Waals surface area contributed by atoms with E-state index >= 15 is 0 Å². The molecule has 0 spiro atoms. The molecule has 110 valence electrons. The Morgan fingerprint density at radius 2 is 1.82 bits per heavy atom. The highest BCUT2D eigenvalue weighted by Gasteiger charge is 2.10. The molecule has 2 aromatic heterocycles. The van der Waals surface area contributed by atoms with Gasteiger partial charge >= 0.3 is 0 Å². The highest BCUT2D eigenvalue weighted by atomic mass is 35.5. The van der Waals surface area contributed by atoms with E-state index < -0.39 is 0 Å². The zero-order chi connectivity index (χ0) is 15.1.